The van der Waals surface area contributed by atoms with Crippen molar-refractivity contribution in [3.8, 4) is 5.75 Å². The van der Waals surface area contributed by atoms with Gasteiger partial charge in [0.05, 0.1) is 5.56 Å². The molecule has 0 radical (unpaired) electrons. The van der Waals surface area contributed by atoms with Crippen LogP contribution in [0.15, 0.2) is 36.4 Å². The zero-order chi connectivity index (χ0) is 14.0. The average Bonchev–Trinajstić information content (AvgIpc) is 2.40. The highest BCUT2D eigenvalue weighted by molar-refractivity contribution is 14.1. The van der Waals surface area contributed by atoms with E-state index in [1.807, 2.05) is 32.0 Å². The van der Waals surface area contributed by atoms with E-state index in [2.05, 4.69) is 27.9 Å². The molecule has 0 saturated heterocycles. The third-order valence-corrected chi connectivity index (χ3v) is 4.07. The Morgan fingerprint density at radius 3 is 2.47 bits per heavy atom. The van der Waals surface area contributed by atoms with Gasteiger partial charge in [0.2, 0.25) is 0 Å². The van der Waals surface area contributed by atoms with E-state index in [4.69, 9.17) is 0 Å². The van der Waals surface area contributed by atoms with Crippen LogP contribution in [0.2, 0.25) is 0 Å². The highest BCUT2D eigenvalue weighted by Gasteiger charge is 2.12. The minimum absolute atomic E-state index is 0.141. The highest BCUT2D eigenvalue weighted by atomic mass is 127. The van der Waals surface area contributed by atoms with Gasteiger partial charge in [0.15, 0.2) is 0 Å². The van der Waals surface area contributed by atoms with Gasteiger partial charge in [-0.25, -0.2) is 0 Å². The SMILES string of the molecule is Cc1c(O)ccc(NC(=O)c2ccccc2I)c1C. The number of phenols is 1. The summed E-state index contributed by atoms with van der Waals surface area (Å²) < 4.78 is 0.908. The maximum atomic E-state index is 12.2. The lowest BCUT2D eigenvalue weighted by Gasteiger charge is -2.12. The maximum Gasteiger partial charge on any atom is 0.256 e. The summed E-state index contributed by atoms with van der Waals surface area (Å²) in [6, 6.07) is 10.7. The van der Waals surface area contributed by atoms with Gasteiger partial charge in [-0.3, -0.25) is 4.79 Å². The van der Waals surface area contributed by atoms with Crippen LogP contribution in [0.1, 0.15) is 21.5 Å². The number of rotatable bonds is 2. The van der Waals surface area contributed by atoms with E-state index in [0.717, 1.165) is 20.4 Å². The predicted molar refractivity (Wildman–Crippen MR) is 84.7 cm³/mol. The molecule has 0 bridgehead atoms. The number of carbonyl (C=O) groups excluding carboxylic acids is 1. The van der Waals surface area contributed by atoms with Gasteiger partial charge in [0.25, 0.3) is 5.91 Å². The number of nitrogens with one attached hydrogen (secondary N) is 1. The molecular weight excluding hydrogens is 353 g/mol. The lowest BCUT2D eigenvalue weighted by Crippen LogP contribution is -2.14. The van der Waals surface area contributed by atoms with Crippen molar-refractivity contribution in [3.05, 3.63) is 56.7 Å². The van der Waals surface area contributed by atoms with E-state index in [0.29, 0.717) is 5.56 Å². The number of hydrogen-bond donors (Lipinski definition) is 2. The van der Waals surface area contributed by atoms with Crippen LogP contribution in [-0.2, 0) is 0 Å². The second-order valence-corrected chi connectivity index (χ2v) is 5.48. The largest absolute Gasteiger partial charge is 0.508 e. The summed E-state index contributed by atoms with van der Waals surface area (Å²) in [6.45, 7) is 3.70. The van der Waals surface area contributed by atoms with Gasteiger partial charge >= 0.3 is 0 Å². The van der Waals surface area contributed by atoms with Crippen molar-refractivity contribution < 1.29 is 9.90 Å². The van der Waals surface area contributed by atoms with Gasteiger partial charge in [-0.15, -0.1) is 0 Å². The Bertz CT molecular complexity index is 638. The second kappa shape index (κ2) is 5.61. The Kier molecular flexibility index (Phi) is 4.09. The minimum atomic E-state index is -0.141. The van der Waals surface area contributed by atoms with Crippen LogP contribution in [0, 0.1) is 17.4 Å². The molecule has 4 heteroatoms. The van der Waals surface area contributed by atoms with Gasteiger partial charge < -0.3 is 10.4 Å². The number of anilines is 1. The second-order valence-electron chi connectivity index (χ2n) is 4.32. The van der Waals surface area contributed by atoms with E-state index in [-0.39, 0.29) is 11.7 Å². The number of aromatic hydroxyl groups is 1. The van der Waals surface area contributed by atoms with E-state index in [1.165, 1.54) is 0 Å². The predicted octanol–water partition coefficient (Wildman–Crippen LogP) is 3.87. The van der Waals surface area contributed by atoms with Gasteiger partial charge in [-0.1, -0.05) is 12.1 Å². The molecule has 0 aliphatic carbocycles. The van der Waals surface area contributed by atoms with Crippen molar-refractivity contribution in [2.45, 2.75) is 13.8 Å². The smallest absolute Gasteiger partial charge is 0.256 e. The fourth-order valence-corrected chi connectivity index (χ4v) is 2.41. The van der Waals surface area contributed by atoms with Crippen LogP contribution in [0.4, 0.5) is 5.69 Å². The zero-order valence-electron chi connectivity index (χ0n) is 10.7. The summed E-state index contributed by atoms with van der Waals surface area (Å²) >= 11 is 2.14. The Labute approximate surface area is 125 Å². The quantitative estimate of drug-likeness (QED) is 0.626. The van der Waals surface area contributed by atoms with E-state index >= 15 is 0 Å². The molecule has 2 rings (SSSR count). The topological polar surface area (TPSA) is 49.3 Å². The zero-order valence-corrected chi connectivity index (χ0v) is 12.9. The first kappa shape index (κ1) is 13.9. The molecule has 0 fully saturated rings. The molecular formula is C15H14INO2. The summed E-state index contributed by atoms with van der Waals surface area (Å²) in [7, 11) is 0. The van der Waals surface area contributed by atoms with Gasteiger partial charge in [0.1, 0.15) is 5.75 Å². The molecule has 0 atom stereocenters. The Morgan fingerprint density at radius 2 is 1.79 bits per heavy atom. The van der Waals surface area contributed by atoms with Crippen LogP contribution in [0.3, 0.4) is 0 Å². The summed E-state index contributed by atoms with van der Waals surface area (Å²) in [5, 5.41) is 12.5. The molecule has 0 aliphatic heterocycles. The van der Waals surface area contributed by atoms with Gasteiger partial charge in [0, 0.05) is 9.26 Å². The van der Waals surface area contributed by atoms with Gasteiger partial charge in [-0.05, 0) is 71.8 Å². The maximum absolute atomic E-state index is 12.2. The highest BCUT2D eigenvalue weighted by Crippen LogP contribution is 2.27. The van der Waals surface area contributed by atoms with Gasteiger partial charge in [-0.2, -0.15) is 0 Å². The first-order valence-corrected chi connectivity index (χ1v) is 6.93. The summed E-state index contributed by atoms with van der Waals surface area (Å²) in [4.78, 5) is 12.2. The molecule has 1 amide bonds. The summed E-state index contributed by atoms with van der Waals surface area (Å²) in [6.07, 6.45) is 0. The Balaban J connectivity index is 2.30. The molecule has 0 saturated carbocycles. The normalized spacial score (nSPS) is 10.3. The molecule has 0 heterocycles. The molecule has 0 unspecified atom stereocenters. The number of carbonyl (C=O) groups is 1. The van der Waals surface area contributed by atoms with Crippen molar-refractivity contribution in [1.29, 1.82) is 0 Å². The minimum Gasteiger partial charge on any atom is -0.508 e. The monoisotopic (exact) mass is 367 g/mol. The van der Waals surface area contributed by atoms with E-state index in [1.54, 1.807) is 18.2 Å². The lowest BCUT2D eigenvalue weighted by atomic mass is 10.1. The fourth-order valence-electron chi connectivity index (χ4n) is 1.78. The number of halogens is 1. The average molecular weight is 367 g/mol. The van der Waals surface area contributed by atoms with Crippen molar-refractivity contribution >= 4 is 34.2 Å². The van der Waals surface area contributed by atoms with Crippen LogP contribution in [-0.4, -0.2) is 11.0 Å². The standard InChI is InChI=1S/C15H14INO2/c1-9-10(2)14(18)8-7-13(9)17-15(19)11-5-3-4-6-12(11)16/h3-8,18H,1-2H3,(H,17,19). The molecule has 19 heavy (non-hydrogen) atoms. The van der Waals surface area contributed by atoms with Crippen molar-refractivity contribution in [2.24, 2.45) is 0 Å². The molecule has 3 nitrogen and oxygen atoms in total. The van der Waals surface area contributed by atoms with Crippen molar-refractivity contribution in [3.63, 3.8) is 0 Å². The molecule has 2 N–H and O–H groups in total. The Morgan fingerprint density at radius 1 is 1.11 bits per heavy atom. The van der Waals surface area contributed by atoms with Crippen LogP contribution < -0.4 is 5.32 Å². The number of hydrogen-bond acceptors (Lipinski definition) is 2. The fraction of sp³-hybridized carbons (Fsp3) is 0.133. The van der Waals surface area contributed by atoms with Crippen molar-refractivity contribution in [1.82, 2.24) is 0 Å². The third-order valence-electron chi connectivity index (χ3n) is 3.13. The molecule has 0 aromatic heterocycles. The number of benzene rings is 2. The molecule has 2 aromatic rings. The third kappa shape index (κ3) is 2.89. The van der Waals surface area contributed by atoms with E-state index < -0.39 is 0 Å². The first-order chi connectivity index (χ1) is 9.00. The van der Waals surface area contributed by atoms with Crippen LogP contribution >= 0.6 is 22.6 Å². The van der Waals surface area contributed by atoms with Crippen LogP contribution in [0.5, 0.6) is 5.75 Å². The molecule has 98 valence electrons. The first-order valence-electron chi connectivity index (χ1n) is 5.85. The summed E-state index contributed by atoms with van der Waals surface area (Å²) in [5.74, 6) is 0.1000. The number of phenolic OH excluding ortho intramolecular Hbond substituents is 1. The Hall–Kier alpha value is -1.56. The van der Waals surface area contributed by atoms with Crippen molar-refractivity contribution in [2.75, 3.05) is 5.32 Å². The molecule has 0 aliphatic rings. The lowest BCUT2D eigenvalue weighted by molar-refractivity contribution is 0.102. The molecule has 0 spiro atoms. The molecule has 2 aromatic carbocycles. The van der Waals surface area contributed by atoms with Crippen LogP contribution in [0.25, 0.3) is 0 Å². The summed E-state index contributed by atoms with van der Waals surface area (Å²) in [5.41, 5.74) is 3.02. The van der Waals surface area contributed by atoms with E-state index in [9.17, 15) is 9.90 Å². The number of amides is 1.